The van der Waals surface area contributed by atoms with Gasteiger partial charge in [-0.1, -0.05) is 0 Å². The Balaban J connectivity index is 2.95. The summed E-state index contributed by atoms with van der Waals surface area (Å²) in [6, 6.07) is 0. The zero-order valence-electron chi connectivity index (χ0n) is 6.39. The van der Waals surface area contributed by atoms with Crippen molar-refractivity contribution >= 4 is 0 Å². The van der Waals surface area contributed by atoms with E-state index in [9.17, 15) is 0 Å². The minimum absolute atomic E-state index is 0.396. The van der Waals surface area contributed by atoms with Crippen LogP contribution in [0.1, 0.15) is 20.3 Å². The zero-order chi connectivity index (χ0) is 7.11. The van der Waals surface area contributed by atoms with Crippen molar-refractivity contribution in [3.8, 4) is 0 Å². The summed E-state index contributed by atoms with van der Waals surface area (Å²) in [6.07, 6.45) is 1.49. The lowest BCUT2D eigenvalue weighted by Gasteiger charge is -2.09. The molecule has 9 heavy (non-hydrogen) atoms. The number of hydrogen-bond acceptors (Lipinski definition) is 1. The maximum atomic E-state index is 5.30. The summed E-state index contributed by atoms with van der Waals surface area (Å²) in [5.74, 6) is 0. The number of quaternary nitrogens is 1. The van der Waals surface area contributed by atoms with Crippen LogP contribution in [0, 0.1) is 7.05 Å². The van der Waals surface area contributed by atoms with Crippen molar-refractivity contribution in [1.29, 1.82) is 0 Å². The van der Waals surface area contributed by atoms with Crippen LogP contribution >= 0.6 is 0 Å². The molecule has 0 radical (unpaired) electrons. The Bertz CT molecular complexity index is 56.9. The summed E-state index contributed by atoms with van der Waals surface area (Å²) < 4.78 is 5.30. The molecule has 0 amide bonds. The van der Waals surface area contributed by atoms with E-state index in [0.717, 1.165) is 19.6 Å². The number of rotatable bonds is 5. The molecule has 0 bridgehead atoms. The van der Waals surface area contributed by atoms with Gasteiger partial charge in [0.15, 0.2) is 0 Å². The normalized spacial score (nSPS) is 13.7. The molecule has 1 unspecified atom stereocenters. The van der Waals surface area contributed by atoms with Crippen molar-refractivity contribution in [2.75, 3.05) is 13.2 Å². The third-order valence-corrected chi connectivity index (χ3v) is 1.23. The average molecular weight is 131 g/mol. The van der Waals surface area contributed by atoms with E-state index in [1.54, 1.807) is 0 Å². The third-order valence-electron chi connectivity index (χ3n) is 1.23. The Kier molecular flexibility index (Phi) is 5.99. The van der Waals surface area contributed by atoms with Crippen molar-refractivity contribution in [2.24, 2.45) is 0 Å². The fourth-order valence-electron chi connectivity index (χ4n) is 0.720. The fraction of sp³-hybridized carbons (Fsp3) is 0.857. The predicted molar refractivity (Wildman–Crippen MR) is 37.9 cm³/mol. The summed E-state index contributed by atoms with van der Waals surface area (Å²) in [5.41, 5.74) is 0. The molecule has 0 aromatic rings. The lowest BCUT2D eigenvalue weighted by atomic mass is 10.3. The summed E-state index contributed by atoms with van der Waals surface area (Å²) in [7, 11) is 3.64. The van der Waals surface area contributed by atoms with Gasteiger partial charge in [-0.3, -0.25) is 0 Å². The van der Waals surface area contributed by atoms with Crippen molar-refractivity contribution in [3.05, 3.63) is 7.05 Å². The Hall–Kier alpha value is -0.0800. The first-order valence-electron chi connectivity index (χ1n) is 3.53. The average Bonchev–Trinajstić information content (AvgIpc) is 1.85. The molecule has 0 aromatic carbocycles. The van der Waals surface area contributed by atoms with E-state index >= 15 is 0 Å². The molecule has 0 aromatic heterocycles. The SMILES string of the molecule is [CH2-][NH2+]CCC(C)OCC. The van der Waals surface area contributed by atoms with Crippen molar-refractivity contribution < 1.29 is 10.1 Å². The quantitative estimate of drug-likeness (QED) is 0.528. The molecule has 0 spiro atoms. The highest BCUT2D eigenvalue weighted by Gasteiger charge is 1.97. The molecule has 56 valence electrons. The van der Waals surface area contributed by atoms with Crippen LogP contribution in [0.5, 0.6) is 0 Å². The van der Waals surface area contributed by atoms with Crippen LogP contribution < -0.4 is 5.32 Å². The molecule has 0 aliphatic heterocycles. The van der Waals surface area contributed by atoms with Crippen LogP contribution in [0.15, 0.2) is 0 Å². The second kappa shape index (κ2) is 6.05. The molecular weight excluding hydrogens is 114 g/mol. The van der Waals surface area contributed by atoms with E-state index in [-0.39, 0.29) is 0 Å². The highest BCUT2D eigenvalue weighted by molar-refractivity contribution is 4.45. The van der Waals surface area contributed by atoms with E-state index in [0.29, 0.717) is 6.10 Å². The van der Waals surface area contributed by atoms with Crippen LogP contribution in [0.4, 0.5) is 0 Å². The smallest absolute Gasteiger partial charge is 0.0599 e. The van der Waals surface area contributed by atoms with Crippen molar-refractivity contribution in [3.63, 3.8) is 0 Å². The van der Waals surface area contributed by atoms with Crippen LogP contribution in [0.25, 0.3) is 0 Å². The molecule has 0 saturated heterocycles. The molecule has 2 N–H and O–H groups in total. The van der Waals surface area contributed by atoms with Gasteiger partial charge in [-0.05, 0) is 13.8 Å². The molecule has 0 fully saturated rings. The summed E-state index contributed by atoms with van der Waals surface area (Å²) >= 11 is 0. The van der Waals surface area contributed by atoms with Crippen LogP contribution in [-0.4, -0.2) is 19.3 Å². The predicted octanol–water partition coefficient (Wildman–Crippen LogP) is 0.156. The van der Waals surface area contributed by atoms with Crippen LogP contribution in [0.3, 0.4) is 0 Å². The second-order valence-electron chi connectivity index (χ2n) is 2.13. The van der Waals surface area contributed by atoms with E-state index < -0.39 is 0 Å². The minimum Gasteiger partial charge on any atom is -0.479 e. The topological polar surface area (TPSA) is 25.8 Å². The van der Waals surface area contributed by atoms with Gasteiger partial charge in [0, 0.05) is 13.0 Å². The van der Waals surface area contributed by atoms with E-state index in [1.165, 1.54) is 0 Å². The third kappa shape index (κ3) is 5.80. The monoisotopic (exact) mass is 131 g/mol. The zero-order valence-corrected chi connectivity index (χ0v) is 6.39. The molecule has 1 atom stereocenters. The number of hydrogen-bond donors (Lipinski definition) is 1. The Morgan fingerprint density at radius 3 is 2.78 bits per heavy atom. The first kappa shape index (κ1) is 8.92. The van der Waals surface area contributed by atoms with E-state index in [4.69, 9.17) is 4.74 Å². The molecular formula is C7H17NO. The lowest BCUT2D eigenvalue weighted by Crippen LogP contribution is -2.77. The van der Waals surface area contributed by atoms with Crippen molar-refractivity contribution in [1.82, 2.24) is 0 Å². The fourth-order valence-corrected chi connectivity index (χ4v) is 0.720. The maximum absolute atomic E-state index is 5.30. The number of nitrogens with two attached hydrogens (primary N) is 1. The van der Waals surface area contributed by atoms with E-state index in [2.05, 4.69) is 14.0 Å². The second-order valence-corrected chi connectivity index (χ2v) is 2.13. The lowest BCUT2D eigenvalue weighted by molar-refractivity contribution is -0.596. The van der Waals surface area contributed by atoms with Gasteiger partial charge >= 0.3 is 0 Å². The van der Waals surface area contributed by atoms with Gasteiger partial charge in [0.2, 0.25) is 0 Å². The molecule has 0 aliphatic rings. The molecule has 2 nitrogen and oxygen atoms in total. The van der Waals surface area contributed by atoms with Gasteiger partial charge in [0.1, 0.15) is 0 Å². The highest BCUT2D eigenvalue weighted by atomic mass is 16.5. The molecule has 0 heterocycles. The number of ether oxygens (including phenoxy) is 1. The van der Waals surface area contributed by atoms with Gasteiger partial charge in [-0.15, -0.1) is 0 Å². The summed E-state index contributed by atoms with van der Waals surface area (Å²) in [4.78, 5) is 0. The van der Waals surface area contributed by atoms with E-state index in [1.807, 2.05) is 12.2 Å². The highest BCUT2D eigenvalue weighted by Crippen LogP contribution is 1.92. The first-order chi connectivity index (χ1) is 4.31. The summed E-state index contributed by atoms with van der Waals surface area (Å²) in [6.45, 7) is 5.98. The van der Waals surface area contributed by atoms with Crippen molar-refractivity contribution in [2.45, 2.75) is 26.4 Å². The Labute approximate surface area is 57.6 Å². The molecule has 0 aliphatic carbocycles. The van der Waals surface area contributed by atoms with Gasteiger partial charge in [-0.2, -0.15) is 7.05 Å². The Morgan fingerprint density at radius 2 is 2.33 bits per heavy atom. The molecule has 0 rings (SSSR count). The van der Waals surface area contributed by atoms with Gasteiger partial charge < -0.3 is 10.1 Å². The van der Waals surface area contributed by atoms with Crippen LogP contribution in [0.2, 0.25) is 0 Å². The standard InChI is InChI=1S/C7H17NO/c1-4-9-7(2)5-6-8-3/h7H,3-6,8H2,1-2H3. The largest absolute Gasteiger partial charge is 0.479 e. The molecule has 2 heteroatoms. The van der Waals surface area contributed by atoms with Gasteiger partial charge in [-0.25, -0.2) is 0 Å². The van der Waals surface area contributed by atoms with Crippen LogP contribution in [-0.2, 0) is 4.74 Å². The Morgan fingerprint density at radius 1 is 1.67 bits per heavy atom. The van der Waals surface area contributed by atoms with Gasteiger partial charge in [0.05, 0.1) is 12.6 Å². The van der Waals surface area contributed by atoms with Gasteiger partial charge in [0.25, 0.3) is 0 Å². The first-order valence-corrected chi connectivity index (χ1v) is 3.53. The molecule has 0 saturated carbocycles. The maximum Gasteiger partial charge on any atom is 0.0599 e. The summed E-state index contributed by atoms with van der Waals surface area (Å²) in [5, 5.41) is 1.93. The minimum atomic E-state index is 0.396.